The van der Waals surface area contributed by atoms with Gasteiger partial charge >= 0.3 is 6.18 Å². The molecular formula is C14H17F3N6. The van der Waals surface area contributed by atoms with Crippen molar-refractivity contribution in [1.82, 2.24) is 24.9 Å². The van der Waals surface area contributed by atoms with Crippen LogP contribution in [0.1, 0.15) is 5.56 Å². The van der Waals surface area contributed by atoms with Crippen LogP contribution in [0.4, 0.5) is 19.0 Å². The Morgan fingerprint density at radius 1 is 0.957 bits per heavy atom. The molecule has 124 valence electrons. The Morgan fingerprint density at radius 3 is 2.22 bits per heavy atom. The first-order valence-corrected chi connectivity index (χ1v) is 7.37. The van der Waals surface area contributed by atoms with Gasteiger partial charge in [-0.25, -0.2) is 4.98 Å². The van der Waals surface area contributed by atoms with Gasteiger partial charge in [-0.2, -0.15) is 28.2 Å². The summed E-state index contributed by atoms with van der Waals surface area (Å²) in [7, 11) is 0. The maximum absolute atomic E-state index is 12.5. The van der Waals surface area contributed by atoms with Gasteiger partial charge in [0.15, 0.2) is 0 Å². The summed E-state index contributed by atoms with van der Waals surface area (Å²) in [5.41, 5.74) is -0.716. The van der Waals surface area contributed by atoms with Crippen LogP contribution in [-0.4, -0.2) is 57.6 Å². The van der Waals surface area contributed by atoms with Crippen molar-refractivity contribution in [3.05, 3.63) is 36.3 Å². The van der Waals surface area contributed by atoms with Crippen molar-refractivity contribution in [3.8, 4) is 0 Å². The highest BCUT2D eigenvalue weighted by Gasteiger charge is 2.31. The van der Waals surface area contributed by atoms with Gasteiger partial charge in [-0.3, -0.25) is 4.90 Å². The molecule has 1 saturated heterocycles. The second-order valence-corrected chi connectivity index (χ2v) is 5.36. The van der Waals surface area contributed by atoms with E-state index in [4.69, 9.17) is 0 Å². The highest BCUT2D eigenvalue weighted by Crippen LogP contribution is 2.29. The number of alkyl halides is 3. The van der Waals surface area contributed by atoms with E-state index in [9.17, 15) is 13.2 Å². The smallest absolute Gasteiger partial charge is 0.354 e. The van der Waals surface area contributed by atoms with Crippen LogP contribution < -0.4 is 4.90 Å². The summed E-state index contributed by atoms with van der Waals surface area (Å²) < 4.78 is 37.6. The summed E-state index contributed by atoms with van der Waals surface area (Å²) in [6.07, 6.45) is -0.154. The first kappa shape index (κ1) is 15.7. The molecule has 0 aromatic carbocycles. The van der Waals surface area contributed by atoms with Crippen molar-refractivity contribution >= 4 is 5.82 Å². The largest absolute Gasteiger partial charge is 0.417 e. The summed E-state index contributed by atoms with van der Waals surface area (Å²) in [4.78, 5) is 9.87. The van der Waals surface area contributed by atoms with E-state index in [2.05, 4.69) is 20.1 Å². The molecule has 1 fully saturated rings. The van der Waals surface area contributed by atoms with Crippen LogP contribution in [0.2, 0.25) is 0 Å². The molecule has 9 heteroatoms. The molecule has 23 heavy (non-hydrogen) atoms. The minimum absolute atomic E-state index is 0.589. The number of hydrogen-bond donors (Lipinski definition) is 0. The van der Waals surface area contributed by atoms with E-state index < -0.39 is 11.7 Å². The van der Waals surface area contributed by atoms with E-state index >= 15 is 0 Å². The Labute approximate surface area is 131 Å². The highest BCUT2D eigenvalue weighted by molar-refractivity contribution is 5.40. The van der Waals surface area contributed by atoms with Gasteiger partial charge in [-0.15, -0.1) is 0 Å². The monoisotopic (exact) mass is 326 g/mol. The number of pyridine rings is 1. The third kappa shape index (κ3) is 3.98. The number of hydrogen-bond acceptors (Lipinski definition) is 5. The summed E-state index contributed by atoms with van der Waals surface area (Å²) in [6.45, 7) is 4.73. The molecule has 0 bridgehead atoms. The summed E-state index contributed by atoms with van der Waals surface area (Å²) >= 11 is 0. The molecule has 0 amide bonds. The average Bonchev–Trinajstić information content (AvgIpc) is 3.06. The van der Waals surface area contributed by atoms with Crippen LogP contribution in [0.15, 0.2) is 30.7 Å². The van der Waals surface area contributed by atoms with Gasteiger partial charge in [0.25, 0.3) is 0 Å². The molecule has 0 unspecified atom stereocenters. The van der Waals surface area contributed by atoms with E-state index in [1.54, 1.807) is 17.2 Å². The zero-order valence-corrected chi connectivity index (χ0v) is 12.4. The lowest BCUT2D eigenvalue weighted by atomic mass is 10.2. The minimum Gasteiger partial charge on any atom is -0.354 e. The molecule has 0 radical (unpaired) electrons. The number of piperazine rings is 1. The van der Waals surface area contributed by atoms with Crippen LogP contribution >= 0.6 is 0 Å². The summed E-state index contributed by atoms with van der Waals surface area (Å²) in [5, 5.41) is 8.12. The number of nitrogens with zero attached hydrogens (tertiary/aromatic N) is 6. The van der Waals surface area contributed by atoms with Crippen LogP contribution in [0.3, 0.4) is 0 Å². The molecule has 2 aromatic heterocycles. The lowest BCUT2D eigenvalue weighted by Gasteiger charge is -2.35. The Kier molecular flexibility index (Phi) is 4.46. The van der Waals surface area contributed by atoms with E-state index in [1.165, 1.54) is 6.07 Å². The molecule has 3 rings (SSSR count). The Morgan fingerprint density at radius 2 is 1.65 bits per heavy atom. The van der Waals surface area contributed by atoms with Crippen molar-refractivity contribution in [1.29, 1.82) is 0 Å². The summed E-state index contributed by atoms with van der Waals surface area (Å²) in [6, 6.07) is 2.52. The molecule has 1 aliphatic heterocycles. The fourth-order valence-electron chi connectivity index (χ4n) is 2.53. The number of aromatic nitrogens is 4. The van der Waals surface area contributed by atoms with Crippen LogP contribution in [0.5, 0.6) is 0 Å². The third-order valence-corrected chi connectivity index (χ3v) is 3.85. The van der Waals surface area contributed by atoms with Gasteiger partial charge in [-0.1, -0.05) is 0 Å². The lowest BCUT2D eigenvalue weighted by Crippen LogP contribution is -2.47. The van der Waals surface area contributed by atoms with Crippen molar-refractivity contribution < 1.29 is 13.2 Å². The van der Waals surface area contributed by atoms with E-state index in [-0.39, 0.29) is 0 Å². The normalized spacial score (nSPS) is 16.7. The standard InChI is InChI=1S/C14H17F3N6/c15-14(16,17)12-1-2-13(18-11-12)22-8-5-21(6-9-22)7-10-23-19-3-4-20-23/h1-4,11H,5-10H2. The zero-order chi connectivity index (χ0) is 16.3. The molecule has 0 atom stereocenters. The molecule has 0 N–H and O–H groups in total. The van der Waals surface area contributed by atoms with E-state index in [0.717, 1.165) is 51.5 Å². The maximum Gasteiger partial charge on any atom is 0.417 e. The number of anilines is 1. The minimum atomic E-state index is -4.34. The molecular weight excluding hydrogens is 309 g/mol. The fraction of sp³-hybridized carbons (Fsp3) is 0.500. The fourth-order valence-corrected chi connectivity index (χ4v) is 2.53. The first-order valence-electron chi connectivity index (χ1n) is 7.37. The topological polar surface area (TPSA) is 50.1 Å². The highest BCUT2D eigenvalue weighted by atomic mass is 19.4. The van der Waals surface area contributed by atoms with Crippen molar-refractivity contribution in [2.45, 2.75) is 12.7 Å². The van der Waals surface area contributed by atoms with Gasteiger partial charge < -0.3 is 4.90 Å². The Balaban J connectivity index is 1.50. The Hall–Kier alpha value is -2.16. The molecule has 0 saturated carbocycles. The van der Waals surface area contributed by atoms with Gasteiger partial charge in [-0.05, 0) is 12.1 Å². The van der Waals surface area contributed by atoms with Crippen LogP contribution in [0.25, 0.3) is 0 Å². The molecule has 3 heterocycles. The second-order valence-electron chi connectivity index (χ2n) is 5.36. The molecule has 0 aliphatic carbocycles. The SMILES string of the molecule is FC(F)(F)c1ccc(N2CCN(CCn3nccn3)CC2)nc1. The Bertz CT molecular complexity index is 602. The van der Waals surface area contributed by atoms with E-state index in [0.29, 0.717) is 5.82 Å². The molecule has 6 nitrogen and oxygen atoms in total. The first-order chi connectivity index (χ1) is 11.0. The van der Waals surface area contributed by atoms with Gasteiger partial charge in [0, 0.05) is 38.9 Å². The molecule has 1 aliphatic rings. The van der Waals surface area contributed by atoms with E-state index in [1.807, 2.05) is 4.90 Å². The van der Waals surface area contributed by atoms with Crippen LogP contribution in [0, 0.1) is 0 Å². The second kappa shape index (κ2) is 6.53. The van der Waals surface area contributed by atoms with Gasteiger partial charge in [0.05, 0.1) is 24.5 Å². The molecule has 2 aromatic rings. The average molecular weight is 326 g/mol. The molecule has 0 spiro atoms. The van der Waals surface area contributed by atoms with Crippen LogP contribution in [-0.2, 0) is 12.7 Å². The predicted molar refractivity (Wildman–Crippen MR) is 77.9 cm³/mol. The number of halogens is 3. The van der Waals surface area contributed by atoms with Crippen molar-refractivity contribution in [2.75, 3.05) is 37.6 Å². The zero-order valence-electron chi connectivity index (χ0n) is 12.4. The lowest BCUT2D eigenvalue weighted by molar-refractivity contribution is -0.137. The van der Waals surface area contributed by atoms with Gasteiger partial charge in [0.2, 0.25) is 0 Å². The summed E-state index contributed by atoms with van der Waals surface area (Å²) in [5.74, 6) is 0.589. The van der Waals surface area contributed by atoms with Crippen molar-refractivity contribution in [3.63, 3.8) is 0 Å². The number of rotatable bonds is 4. The predicted octanol–water partition coefficient (Wildman–Crippen LogP) is 1.51. The maximum atomic E-state index is 12.5. The quantitative estimate of drug-likeness (QED) is 0.852. The van der Waals surface area contributed by atoms with Crippen molar-refractivity contribution in [2.24, 2.45) is 0 Å². The van der Waals surface area contributed by atoms with Gasteiger partial charge in [0.1, 0.15) is 5.82 Å². The third-order valence-electron chi connectivity index (χ3n) is 3.85.